The third kappa shape index (κ3) is 13.2. The van der Waals surface area contributed by atoms with E-state index in [-0.39, 0.29) is 32.7 Å². The molecule has 5 atom stereocenters. The molecular weight excluding hydrogens is 488 g/mol. The Morgan fingerprint density at radius 3 is 2.25 bits per heavy atom. The zero-order valence-corrected chi connectivity index (χ0v) is 20.4. The first-order chi connectivity index (χ1) is 17.0. The van der Waals surface area contributed by atoms with Gasteiger partial charge in [0.2, 0.25) is 5.91 Å². The summed E-state index contributed by atoms with van der Waals surface area (Å²) >= 11 is 0. The number of rotatable bonds is 14. The summed E-state index contributed by atoms with van der Waals surface area (Å²) < 4.78 is 31.2. The average Bonchev–Trinajstić information content (AvgIpc) is 2.80. The SMILES string of the molecule is CC(=O)OC[C@H]1O[C@@H](OCC(=O)NCCCNC(=O)OC[C@H](O)CO)C[C@@H](OC(C)=O)[C@H]1OC(C)=O. The number of aliphatic hydroxyl groups is 2. The minimum atomic E-state index is -1.16. The lowest BCUT2D eigenvalue weighted by Crippen LogP contribution is -2.54. The minimum Gasteiger partial charge on any atom is -0.463 e. The number of carbonyl (C=O) groups is 5. The Labute approximate surface area is 207 Å². The van der Waals surface area contributed by atoms with Crippen LogP contribution in [-0.4, -0.2) is 110 Å². The van der Waals surface area contributed by atoms with E-state index in [0.717, 1.165) is 0 Å². The van der Waals surface area contributed by atoms with E-state index in [9.17, 15) is 24.0 Å². The van der Waals surface area contributed by atoms with E-state index in [0.29, 0.717) is 6.42 Å². The second kappa shape index (κ2) is 16.6. The largest absolute Gasteiger partial charge is 0.463 e. The van der Waals surface area contributed by atoms with Crippen LogP contribution in [0.25, 0.3) is 0 Å². The molecule has 36 heavy (non-hydrogen) atoms. The summed E-state index contributed by atoms with van der Waals surface area (Å²) in [6.07, 6.45) is -5.65. The molecule has 0 unspecified atom stereocenters. The molecule has 0 spiro atoms. The zero-order chi connectivity index (χ0) is 27.1. The molecule has 0 radical (unpaired) electrons. The summed E-state index contributed by atoms with van der Waals surface area (Å²) in [6, 6.07) is 0. The number of esters is 3. The van der Waals surface area contributed by atoms with Crippen molar-refractivity contribution in [3.8, 4) is 0 Å². The Hall–Kier alpha value is -3.01. The maximum absolute atomic E-state index is 12.1. The van der Waals surface area contributed by atoms with Crippen LogP contribution in [0, 0.1) is 0 Å². The topological polar surface area (TPSA) is 205 Å². The third-order valence-corrected chi connectivity index (χ3v) is 4.52. The Balaban J connectivity index is 2.49. The zero-order valence-electron chi connectivity index (χ0n) is 20.4. The van der Waals surface area contributed by atoms with Crippen LogP contribution in [0.15, 0.2) is 0 Å². The predicted octanol–water partition coefficient (Wildman–Crippen LogP) is -1.87. The van der Waals surface area contributed by atoms with E-state index in [1.165, 1.54) is 20.8 Å². The van der Waals surface area contributed by atoms with Gasteiger partial charge in [-0.2, -0.15) is 0 Å². The molecule has 2 amide bonds. The van der Waals surface area contributed by atoms with Gasteiger partial charge in [-0.1, -0.05) is 0 Å². The van der Waals surface area contributed by atoms with Crippen LogP contribution in [-0.2, 0) is 47.6 Å². The fourth-order valence-electron chi connectivity index (χ4n) is 3.01. The van der Waals surface area contributed by atoms with E-state index in [4.69, 9.17) is 33.9 Å². The van der Waals surface area contributed by atoms with Crippen molar-refractivity contribution in [1.82, 2.24) is 10.6 Å². The molecule has 4 N–H and O–H groups in total. The Morgan fingerprint density at radius 2 is 1.64 bits per heavy atom. The van der Waals surface area contributed by atoms with Crippen molar-refractivity contribution >= 4 is 29.9 Å². The molecule has 1 heterocycles. The van der Waals surface area contributed by atoms with Gasteiger partial charge in [0, 0.05) is 40.3 Å². The van der Waals surface area contributed by atoms with Crippen molar-refractivity contribution in [2.75, 3.05) is 39.5 Å². The molecule has 0 aromatic rings. The third-order valence-electron chi connectivity index (χ3n) is 4.52. The highest BCUT2D eigenvalue weighted by Crippen LogP contribution is 2.27. The molecule has 15 nitrogen and oxygen atoms in total. The fraction of sp³-hybridized carbons (Fsp3) is 0.762. The minimum absolute atomic E-state index is 0.0433. The van der Waals surface area contributed by atoms with Crippen LogP contribution >= 0.6 is 0 Å². The van der Waals surface area contributed by atoms with Gasteiger partial charge in [-0.25, -0.2) is 4.79 Å². The molecule has 1 fully saturated rings. The van der Waals surface area contributed by atoms with Crippen LogP contribution in [0.1, 0.15) is 33.6 Å². The Morgan fingerprint density at radius 1 is 0.972 bits per heavy atom. The van der Waals surface area contributed by atoms with Crippen molar-refractivity contribution in [1.29, 1.82) is 0 Å². The van der Waals surface area contributed by atoms with Gasteiger partial charge >= 0.3 is 24.0 Å². The monoisotopic (exact) mass is 522 g/mol. The van der Waals surface area contributed by atoms with Gasteiger partial charge in [0.1, 0.15) is 38.1 Å². The van der Waals surface area contributed by atoms with Crippen LogP contribution in [0.4, 0.5) is 4.79 Å². The van der Waals surface area contributed by atoms with E-state index >= 15 is 0 Å². The molecule has 0 saturated carbocycles. The molecule has 1 saturated heterocycles. The van der Waals surface area contributed by atoms with E-state index in [1.54, 1.807) is 0 Å². The second-order valence-corrected chi connectivity index (χ2v) is 7.74. The normalized spacial score (nSPS) is 22.0. The average molecular weight is 523 g/mol. The molecule has 1 aliphatic heterocycles. The first-order valence-corrected chi connectivity index (χ1v) is 11.2. The number of alkyl carbamates (subject to hydrolysis) is 1. The van der Waals surface area contributed by atoms with Gasteiger partial charge in [0.15, 0.2) is 12.4 Å². The van der Waals surface area contributed by atoms with Crippen molar-refractivity contribution in [3.05, 3.63) is 0 Å². The van der Waals surface area contributed by atoms with E-state index in [1.807, 2.05) is 0 Å². The molecule has 0 bridgehead atoms. The molecule has 1 rings (SSSR count). The van der Waals surface area contributed by atoms with Crippen molar-refractivity contribution < 1.29 is 62.6 Å². The number of amides is 2. The number of ether oxygens (including phenoxy) is 6. The smallest absolute Gasteiger partial charge is 0.407 e. The van der Waals surface area contributed by atoms with Crippen molar-refractivity contribution in [2.45, 2.75) is 64.3 Å². The molecule has 15 heteroatoms. The summed E-state index contributed by atoms with van der Waals surface area (Å²) in [5, 5.41) is 22.7. The number of hydrogen-bond donors (Lipinski definition) is 4. The molecule has 1 aliphatic rings. The van der Waals surface area contributed by atoms with Gasteiger partial charge in [0.05, 0.1) is 6.61 Å². The highest BCUT2D eigenvalue weighted by molar-refractivity contribution is 5.77. The fourth-order valence-corrected chi connectivity index (χ4v) is 3.01. The first kappa shape index (κ1) is 31.0. The highest BCUT2D eigenvalue weighted by atomic mass is 16.7. The summed E-state index contributed by atoms with van der Waals surface area (Å²) in [7, 11) is 0. The second-order valence-electron chi connectivity index (χ2n) is 7.74. The van der Waals surface area contributed by atoms with Crippen LogP contribution in [0.3, 0.4) is 0 Å². The van der Waals surface area contributed by atoms with Gasteiger partial charge < -0.3 is 49.3 Å². The lowest BCUT2D eigenvalue weighted by molar-refractivity contribution is -0.264. The number of nitrogens with one attached hydrogen (secondary N) is 2. The van der Waals surface area contributed by atoms with Gasteiger partial charge in [-0.15, -0.1) is 0 Å². The standard InChI is InChI=1S/C21H34N2O13/c1-12(25)31-10-17-20(35-14(3)27)16(34-13(2)26)7-19(36-17)32-11-18(29)22-5-4-6-23-21(30)33-9-15(28)8-24/h15-17,19-20,24,28H,4-11H2,1-3H3,(H,22,29)(H,23,30)/t15-,16-,17-,19-,20-/m1/s1. The number of carbonyl (C=O) groups excluding carboxylic acids is 5. The highest BCUT2D eigenvalue weighted by Gasteiger charge is 2.44. The van der Waals surface area contributed by atoms with Crippen molar-refractivity contribution in [3.63, 3.8) is 0 Å². The Kier molecular flexibility index (Phi) is 14.3. The van der Waals surface area contributed by atoms with Gasteiger partial charge in [-0.3, -0.25) is 19.2 Å². The number of aliphatic hydroxyl groups excluding tert-OH is 2. The molecular formula is C21H34N2O13. The first-order valence-electron chi connectivity index (χ1n) is 11.2. The maximum Gasteiger partial charge on any atom is 0.407 e. The molecule has 206 valence electrons. The lowest BCUT2D eigenvalue weighted by atomic mass is 10.0. The van der Waals surface area contributed by atoms with Crippen LogP contribution in [0.5, 0.6) is 0 Å². The van der Waals surface area contributed by atoms with E-state index in [2.05, 4.69) is 15.4 Å². The van der Waals surface area contributed by atoms with Gasteiger partial charge in [-0.05, 0) is 6.42 Å². The predicted molar refractivity (Wildman–Crippen MR) is 117 cm³/mol. The lowest BCUT2D eigenvalue weighted by Gasteiger charge is -2.39. The van der Waals surface area contributed by atoms with Crippen LogP contribution in [0.2, 0.25) is 0 Å². The Bertz CT molecular complexity index is 747. The van der Waals surface area contributed by atoms with Crippen LogP contribution < -0.4 is 10.6 Å². The van der Waals surface area contributed by atoms with Crippen molar-refractivity contribution in [2.24, 2.45) is 0 Å². The summed E-state index contributed by atoms with van der Waals surface area (Å²) in [6.45, 7) is 2.33. The van der Waals surface area contributed by atoms with Gasteiger partial charge in [0.25, 0.3) is 0 Å². The quantitative estimate of drug-likeness (QED) is 0.112. The summed E-state index contributed by atoms with van der Waals surface area (Å²) in [5.74, 6) is -2.38. The molecule has 0 aromatic heterocycles. The van der Waals surface area contributed by atoms with E-state index < -0.39 is 73.8 Å². The molecule has 0 aliphatic carbocycles. The summed E-state index contributed by atoms with van der Waals surface area (Å²) in [4.78, 5) is 57.7. The molecule has 0 aromatic carbocycles. The summed E-state index contributed by atoms with van der Waals surface area (Å²) in [5.41, 5.74) is 0. The number of hydrogen-bond acceptors (Lipinski definition) is 13. The maximum atomic E-state index is 12.1.